The molecule has 0 aliphatic carbocycles. The number of hydrogen-bond acceptors (Lipinski definition) is 1. The molecule has 4 aromatic rings. The van der Waals surface area contributed by atoms with Crippen LogP contribution in [-0.4, -0.2) is 23.4 Å². The highest BCUT2D eigenvalue weighted by Crippen LogP contribution is 2.54. The number of halogens is 1. The van der Waals surface area contributed by atoms with Gasteiger partial charge in [-0.1, -0.05) is 92.2 Å². The van der Waals surface area contributed by atoms with Crippen molar-refractivity contribution in [1.29, 1.82) is 0 Å². The molecule has 0 unspecified atom stereocenters. The number of nitrogens with zero attached hydrogens (tertiary/aromatic N) is 2. The quantitative estimate of drug-likeness (QED) is 0.156. The Morgan fingerprint density at radius 2 is 1.56 bits per heavy atom. The van der Waals surface area contributed by atoms with Crippen LogP contribution in [0.4, 0.5) is 11.4 Å². The van der Waals surface area contributed by atoms with Crippen molar-refractivity contribution in [2.45, 2.75) is 70.6 Å². The minimum Gasteiger partial charge on any atom is -0.343 e. The topological polar surface area (TPSA) is 6.25 Å². The fourth-order valence-corrected chi connectivity index (χ4v) is 9.26. The van der Waals surface area contributed by atoms with Gasteiger partial charge in [0.25, 0.3) is 0 Å². The van der Waals surface area contributed by atoms with Crippen molar-refractivity contribution in [2.75, 3.05) is 18.0 Å². The van der Waals surface area contributed by atoms with E-state index in [9.17, 15) is 0 Å². The Hall–Kier alpha value is -3.88. The van der Waals surface area contributed by atoms with Gasteiger partial charge in [-0.05, 0) is 96.0 Å². The maximum Gasteiger partial charge on any atom is 0.210 e. The number of benzene rings is 4. The number of fused-ring (bicyclic) bond motifs is 9. The zero-order chi connectivity index (χ0) is 30.9. The van der Waals surface area contributed by atoms with Crippen LogP contribution >= 0.6 is 11.6 Å². The smallest absolute Gasteiger partial charge is 0.210 e. The molecule has 0 saturated heterocycles. The van der Waals surface area contributed by atoms with Crippen molar-refractivity contribution in [1.82, 2.24) is 0 Å². The number of anilines is 1. The van der Waals surface area contributed by atoms with E-state index < -0.39 is 0 Å². The fourth-order valence-electron chi connectivity index (χ4n) is 9.09. The number of rotatable bonds is 6. The summed E-state index contributed by atoms with van der Waals surface area (Å²) in [6.07, 6.45) is 12.5. The second-order valence-electron chi connectivity index (χ2n) is 14.3. The van der Waals surface area contributed by atoms with Crippen molar-refractivity contribution < 1.29 is 4.58 Å². The van der Waals surface area contributed by atoms with Gasteiger partial charge in [-0.2, -0.15) is 4.58 Å². The summed E-state index contributed by atoms with van der Waals surface area (Å²) in [7, 11) is 0. The van der Waals surface area contributed by atoms with E-state index in [-0.39, 0.29) is 10.8 Å². The van der Waals surface area contributed by atoms with Gasteiger partial charge in [0.15, 0.2) is 12.3 Å². The summed E-state index contributed by atoms with van der Waals surface area (Å²) in [5.41, 5.74) is 14.6. The summed E-state index contributed by atoms with van der Waals surface area (Å²) in [5.74, 6) is 0. The van der Waals surface area contributed by atoms with E-state index in [2.05, 4.69) is 128 Å². The first-order chi connectivity index (χ1) is 21.8. The van der Waals surface area contributed by atoms with Crippen molar-refractivity contribution in [3.63, 3.8) is 0 Å². The van der Waals surface area contributed by atoms with Gasteiger partial charge >= 0.3 is 0 Å². The van der Waals surface area contributed by atoms with Crippen LogP contribution in [0.2, 0.25) is 0 Å². The van der Waals surface area contributed by atoms with Gasteiger partial charge in [0.1, 0.15) is 0 Å². The van der Waals surface area contributed by atoms with Crippen LogP contribution in [0.15, 0.2) is 119 Å². The number of allylic oxidation sites excluding steroid dienone is 5. The highest BCUT2D eigenvalue weighted by molar-refractivity contribution is 6.26. The molecule has 4 heterocycles. The van der Waals surface area contributed by atoms with Gasteiger partial charge < -0.3 is 4.90 Å². The van der Waals surface area contributed by atoms with E-state index in [0.29, 0.717) is 0 Å². The van der Waals surface area contributed by atoms with Gasteiger partial charge in [0, 0.05) is 52.5 Å². The normalized spacial score (nSPS) is 20.7. The lowest BCUT2D eigenvalue weighted by atomic mass is 9.76. The molecule has 45 heavy (non-hydrogen) atoms. The third kappa shape index (κ3) is 4.32. The predicted molar refractivity (Wildman–Crippen MR) is 192 cm³/mol. The lowest BCUT2D eigenvalue weighted by Gasteiger charge is -2.24. The molecule has 0 amide bonds. The van der Waals surface area contributed by atoms with Crippen LogP contribution in [0.5, 0.6) is 0 Å². The van der Waals surface area contributed by atoms with Gasteiger partial charge in [-0.25, -0.2) is 0 Å². The molecule has 0 atom stereocenters. The average Bonchev–Trinajstić information content (AvgIpc) is 3.77. The molecule has 0 fully saturated rings. The van der Waals surface area contributed by atoms with E-state index in [4.69, 9.17) is 11.6 Å². The lowest BCUT2D eigenvalue weighted by molar-refractivity contribution is -0.428. The first kappa shape index (κ1) is 28.6. The molecule has 226 valence electrons. The molecule has 4 aliphatic rings. The van der Waals surface area contributed by atoms with Gasteiger partial charge in [-0.15, -0.1) is 0 Å². The van der Waals surface area contributed by atoms with Crippen LogP contribution in [0, 0.1) is 0 Å². The lowest BCUT2D eigenvalue weighted by Crippen LogP contribution is -2.28. The second-order valence-corrected chi connectivity index (χ2v) is 14.5. The standard InChI is InChI=1S/C42H42ClN2/c1-41(2)37-33-16-10-8-13-29(33)18-20-35(37)44-24-22-31(39(41)44)15-7-5-6-12-28(27-43)26-32-23-25-45-36-21-19-30-14-9-11-17-34(30)38(36)42(3,4)40(32)45/h7-11,13-21,26-27H,5-6,12,22-25H2,1-4H3/q+1/b15-7+,28-27-,32-26+. The van der Waals surface area contributed by atoms with Crippen molar-refractivity contribution in [2.24, 2.45) is 0 Å². The van der Waals surface area contributed by atoms with E-state index in [1.165, 1.54) is 72.2 Å². The van der Waals surface area contributed by atoms with Gasteiger partial charge in [-0.3, -0.25) is 0 Å². The first-order valence-corrected chi connectivity index (χ1v) is 17.1. The summed E-state index contributed by atoms with van der Waals surface area (Å²) in [4.78, 5) is 2.58. The molecule has 0 saturated carbocycles. The summed E-state index contributed by atoms with van der Waals surface area (Å²) in [5, 5.41) is 5.42. The molecule has 0 aromatic heterocycles. The third-order valence-corrected chi connectivity index (χ3v) is 11.1. The zero-order valence-corrected chi connectivity index (χ0v) is 27.7. The molecule has 4 aliphatic heterocycles. The maximum absolute atomic E-state index is 6.46. The third-order valence-electron chi connectivity index (χ3n) is 10.8. The van der Waals surface area contributed by atoms with E-state index in [0.717, 1.165) is 45.2 Å². The van der Waals surface area contributed by atoms with Crippen LogP contribution in [-0.2, 0) is 10.8 Å². The average molecular weight is 610 g/mol. The minimum atomic E-state index is -0.0390. The monoisotopic (exact) mass is 609 g/mol. The molecule has 8 rings (SSSR count). The van der Waals surface area contributed by atoms with Crippen LogP contribution < -0.4 is 4.90 Å². The largest absolute Gasteiger partial charge is 0.343 e. The molecule has 0 N–H and O–H groups in total. The predicted octanol–water partition coefficient (Wildman–Crippen LogP) is 11.0. The second kappa shape index (κ2) is 10.6. The molecule has 4 aromatic carbocycles. The van der Waals surface area contributed by atoms with Crippen molar-refractivity contribution >= 4 is 50.2 Å². The zero-order valence-electron chi connectivity index (χ0n) is 27.0. The fraction of sp³-hybridized carbons (Fsp3) is 0.310. The van der Waals surface area contributed by atoms with Crippen LogP contribution in [0.3, 0.4) is 0 Å². The number of unbranched alkanes of at least 4 members (excludes halogenated alkanes) is 1. The van der Waals surface area contributed by atoms with E-state index >= 15 is 0 Å². The minimum absolute atomic E-state index is 0.000120. The number of hydrogen-bond donors (Lipinski definition) is 0. The highest BCUT2D eigenvalue weighted by Gasteiger charge is 2.51. The molecule has 2 nitrogen and oxygen atoms in total. The molecular formula is C42H42ClN2+. The highest BCUT2D eigenvalue weighted by atomic mass is 35.5. The Balaban J connectivity index is 0.977. The summed E-state index contributed by atoms with van der Waals surface area (Å²) < 4.78 is 2.56. The van der Waals surface area contributed by atoms with Crippen molar-refractivity contribution in [3.05, 3.63) is 130 Å². The Bertz CT molecular complexity index is 2050. The summed E-state index contributed by atoms with van der Waals surface area (Å²) in [6, 6.07) is 26.9. The molecular weight excluding hydrogens is 568 g/mol. The Kier molecular flexibility index (Phi) is 6.73. The van der Waals surface area contributed by atoms with Gasteiger partial charge in [0.05, 0.1) is 5.41 Å². The van der Waals surface area contributed by atoms with Crippen LogP contribution in [0.25, 0.3) is 21.5 Å². The van der Waals surface area contributed by atoms with E-state index in [1.807, 2.05) is 5.54 Å². The maximum atomic E-state index is 6.46. The first-order valence-electron chi connectivity index (χ1n) is 16.7. The molecule has 0 radical (unpaired) electrons. The van der Waals surface area contributed by atoms with Gasteiger partial charge in [0.2, 0.25) is 5.69 Å². The molecule has 0 bridgehead atoms. The summed E-state index contributed by atoms with van der Waals surface area (Å²) in [6.45, 7) is 11.7. The summed E-state index contributed by atoms with van der Waals surface area (Å²) >= 11 is 6.46. The molecule has 3 heteroatoms. The Labute approximate surface area is 272 Å². The molecule has 0 spiro atoms. The van der Waals surface area contributed by atoms with Crippen LogP contribution in [0.1, 0.15) is 70.9 Å². The Morgan fingerprint density at radius 3 is 2.31 bits per heavy atom. The van der Waals surface area contributed by atoms with E-state index in [1.54, 1.807) is 0 Å². The SMILES string of the molecule is CC1(C)C2=C(/C=C/CCCC(=C/Cl)/C=C3\CC[N+]4=C3C(C)(C)c3c4ccc4ccccc34)CCN2c2ccc3ccccc3c21. The Morgan fingerprint density at radius 1 is 0.844 bits per heavy atom. The van der Waals surface area contributed by atoms with Crippen molar-refractivity contribution in [3.8, 4) is 0 Å².